The number of unbranched alkanes of at least 4 members (excludes halogenated alkanes) is 1. The second kappa shape index (κ2) is 12.4. The van der Waals surface area contributed by atoms with Crippen molar-refractivity contribution in [1.82, 2.24) is 15.5 Å². The van der Waals surface area contributed by atoms with E-state index in [1.165, 1.54) is 11.0 Å². The molecule has 0 bridgehead atoms. The van der Waals surface area contributed by atoms with Crippen LogP contribution in [0.4, 0.5) is 0 Å². The van der Waals surface area contributed by atoms with Gasteiger partial charge < -0.3 is 21.3 Å². The first-order chi connectivity index (χ1) is 13.4. The summed E-state index contributed by atoms with van der Waals surface area (Å²) in [5, 5.41) is 5.08. The van der Waals surface area contributed by atoms with Crippen LogP contribution in [-0.4, -0.2) is 59.6 Å². The molecule has 8 heteroatoms. The Hall–Kier alpha value is -2.22. The van der Waals surface area contributed by atoms with Crippen molar-refractivity contribution in [3.05, 3.63) is 12.7 Å². The Balaban J connectivity index is 5.34. The molecule has 0 rings (SSSR count). The number of hydrogen-bond donors (Lipinski definition) is 3. The van der Waals surface area contributed by atoms with Gasteiger partial charge in [0.2, 0.25) is 17.6 Å². The van der Waals surface area contributed by atoms with E-state index in [9.17, 15) is 19.2 Å². The summed E-state index contributed by atoms with van der Waals surface area (Å²) in [5.41, 5.74) is 5.62. The van der Waals surface area contributed by atoms with Gasteiger partial charge in [0.25, 0.3) is 5.91 Å². The van der Waals surface area contributed by atoms with Gasteiger partial charge in [0.15, 0.2) is 0 Å². The molecular weight excluding hydrogens is 372 g/mol. The first kappa shape index (κ1) is 26.8. The summed E-state index contributed by atoms with van der Waals surface area (Å²) in [6, 6.07) is -2.53. The van der Waals surface area contributed by atoms with E-state index in [0.717, 1.165) is 6.42 Å². The van der Waals surface area contributed by atoms with Gasteiger partial charge in [0, 0.05) is 13.1 Å². The summed E-state index contributed by atoms with van der Waals surface area (Å²) in [7, 11) is 0. The van der Waals surface area contributed by atoms with E-state index < -0.39 is 41.1 Å². The number of likely N-dealkylation sites (N-methyl/N-ethyl adjacent to an activating group) is 1. The molecule has 0 aliphatic rings. The minimum absolute atomic E-state index is 0.165. The van der Waals surface area contributed by atoms with E-state index >= 15 is 0 Å². The number of carbonyl (C=O) groups is 4. The molecule has 0 fully saturated rings. The van der Waals surface area contributed by atoms with Crippen molar-refractivity contribution < 1.29 is 19.2 Å². The van der Waals surface area contributed by atoms with Crippen LogP contribution in [0.2, 0.25) is 0 Å². The van der Waals surface area contributed by atoms with Gasteiger partial charge in [-0.15, -0.1) is 6.58 Å². The smallest absolute Gasteiger partial charge is 0.289 e. The van der Waals surface area contributed by atoms with E-state index in [-0.39, 0.29) is 12.5 Å². The van der Waals surface area contributed by atoms with E-state index in [2.05, 4.69) is 17.2 Å². The average molecular weight is 411 g/mol. The summed E-state index contributed by atoms with van der Waals surface area (Å²) in [6.45, 7) is 14.8. The molecule has 0 saturated carbocycles. The van der Waals surface area contributed by atoms with Gasteiger partial charge in [-0.3, -0.25) is 19.2 Å². The van der Waals surface area contributed by atoms with Crippen LogP contribution in [0.15, 0.2) is 12.7 Å². The van der Waals surface area contributed by atoms with Crippen LogP contribution < -0.4 is 16.4 Å². The van der Waals surface area contributed by atoms with Crippen molar-refractivity contribution in [2.75, 3.05) is 13.1 Å². The molecule has 0 saturated heterocycles. The minimum atomic E-state index is -0.945. The maximum atomic E-state index is 12.8. The molecule has 0 heterocycles. The van der Waals surface area contributed by atoms with Crippen molar-refractivity contribution >= 4 is 23.5 Å². The number of nitrogens with zero attached hydrogens (tertiary/aromatic N) is 1. The molecule has 4 N–H and O–H groups in total. The fourth-order valence-electron chi connectivity index (χ4n) is 2.69. The number of carbonyl (C=O) groups excluding carboxylic acids is 4. The predicted molar refractivity (Wildman–Crippen MR) is 114 cm³/mol. The Morgan fingerprint density at radius 2 is 1.76 bits per heavy atom. The molecule has 8 nitrogen and oxygen atoms in total. The third-order valence-electron chi connectivity index (χ3n) is 4.78. The number of Topliss-reactive ketones (excluding diaryl/α,β-unsaturated/α-hetero) is 1. The van der Waals surface area contributed by atoms with Crippen LogP contribution in [0.3, 0.4) is 0 Å². The quantitative estimate of drug-likeness (QED) is 0.329. The zero-order valence-electron chi connectivity index (χ0n) is 18.7. The Morgan fingerprint density at radius 1 is 1.17 bits per heavy atom. The molecule has 0 aliphatic heterocycles. The molecule has 0 aromatic rings. The molecule has 0 radical (unpaired) electrons. The number of ketones is 1. The van der Waals surface area contributed by atoms with Gasteiger partial charge in [0.05, 0.1) is 12.1 Å². The fourth-order valence-corrected chi connectivity index (χ4v) is 2.69. The lowest BCUT2D eigenvalue weighted by Gasteiger charge is -2.34. The van der Waals surface area contributed by atoms with Gasteiger partial charge >= 0.3 is 0 Å². The van der Waals surface area contributed by atoms with Crippen LogP contribution >= 0.6 is 0 Å². The maximum absolute atomic E-state index is 12.8. The number of nitrogens with two attached hydrogens (primary N) is 1. The Labute approximate surface area is 174 Å². The first-order valence-electron chi connectivity index (χ1n) is 10.2. The molecule has 166 valence electrons. The zero-order chi connectivity index (χ0) is 22.8. The molecule has 3 atom stereocenters. The zero-order valence-corrected chi connectivity index (χ0v) is 18.7. The first-order valence-corrected chi connectivity index (χ1v) is 10.2. The Bertz CT molecular complexity index is 598. The van der Waals surface area contributed by atoms with Gasteiger partial charge in [-0.25, -0.2) is 0 Å². The van der Waals surface area contributed by atoms with Crippen LogP contribution in [0.25, 0.3) is 0 Å². The third-order valence-corrected chi connectivity index (χ3v) is 4.78. The summed E-state index contributed by atoms with van der Waals surface area (Å²) in [4.78, 5) is 51.4. The van der Waals surface area contributed by atoms with Crippen molar-refractivity contribution in [2.24, 2.45) is 11.1 Å². The summed E-state index contributed by atoms with van der Waals surface area (Å²) in [5.74, 6) is -2.30. The normalized spacial score (nSPS) is 14.3. The van der Waals surface area contributed by atoms with Gasteiger partial charge in [-0.1, -0.05) is 46.6 Å². The Kier molecular flexibility index (Phi) is 11.4. The van der Waals surface area contributed by atoms with Crippen LogP contribution in [-0.2, 0) is 19.2 Å². The van der Waals surface area contributed by atoms with Crippen LogP contribution in [0.1, 0.15) is 60.8 Å². The predicted octanol–water partition coefficient (Wildman–Crippen LogP) is 1.14. The molecule has 29 heavy (non-hydrogen) atoms. The standard InChI is InChI=1S/C21H38N4O4/c1-8-11-12-15(16(26)19(28)23-13-9-2)24-18(27)14(4)25(10-3)20(29)17(22)21(5,6)7/h9,14-15,17H,2,8,10-13,22H2,1,3-7H3,(H,23,28)(H,24,27)/t14-,15?,17+/m0/s1. The van der Waals surface area contributed by atoms with E-state index in [0.29, 0.717) is 19.4 Å². The monoisotopic (exact) mass is 410 g/mol. The summed E-state index contributed by atoms with van der Waals surface area (Å²) in [6.07, 6.45) is 3.29. The highest BCUT2D eigenvalue weighted by atomic mass is 16.2. The van der Waals surface area contributed by atoms with Gasteiger partial charge in [0.1, 0.15) is 6.04 Å². The van der Waals surface area contributed by atoms with Crippen molar-refractivity contribution in [2.45, 2.75) is 78.9 Å². The fraction of sp³-hybridized carbons (Fsp3) is 0.714. The molecule has 3 amide bonds. The van der Waals surface area contributed by atoms with E-state index in [1.807, 2.05) is 27.7 Å². The SMILES string of the molecule is C=CCNC(=O)C(=O)C(CCCC)NC(=O)[C@H](C)N(CC)C(=O)[C@@H](N)C(C)(C)C. The molecule has 0 spiro atoms. The lowest BCUT2D eigenvalue weighted by Crippen LogP contribution is -2.58. The van der Waals surface area contributed by atoms with E-state index in [4.69, 9.17) is 5.73 Å². The Morgan fingerprint density at radius 3 is 2.21 bits per heavy atom. The van der Waals surface area contributed by atoms with Crippen molar-refractivity contribution in [3.63, 3.8) is 0 Å². The second-order valence-electron chi connectivity index (χ2n) is 8.21. The lowest BCUT2D eigenvalue weighted by molar-refractivity contribution is -0.144. The largest absolute Gasteiger partial charge is 0.346 e. The number of amides is 3. The topological polar surface area (TPSA) is 122 Å². The van der Waals surface area contributed by atoms with Crippen molar-refractivity contribution in [1.29, 1.82) is 0 Å². The molecule has 0 aromatic heterocycles. The highest BCUT2D eigenvalue weighted by Gasteiger charge is 2.35. The van der Waals surface area contributed by atoms with E-state index in [1.54, 1.807) is 13.8 Å². The second-order valence-corrected chi connectivity index (χ2v) is 8.21. The molecule has 0 aromatic carbocycles. The van der Waals surface area contributed by atoms with Crippen LogP contribution in [0, 0.1) is 5.41 Å². The highest BCUT2D eigenvalue weighted by molar-refractivity contribution is 6.38. The average Bonchev–Trinajstić information content (AvgIpc) is 2.67. The minimum Gasteiger partial charge on any atom is -0.346 e. The highest BCUT2D eigenvalue weighted by Crippen LogP contribution is 2.20. The lowest BCUT2D eigenvalue weighted by atomic mass is 9.86. The van der Waals surface area contributed by atoms with Gasteiger partial charge in [-0.2, -0.15) is 0 Å². The molecule has 1 unspecified atom stereocenters. The van der Waals surface area contributed by atoms with Crippen molar-refractivity contribution in [3.8, 4) is 0 Å². The third kappa shape index (κ3) is 8.35. The number of rotatable bonds is 12. The maximum Gasteiger partial charge on any atom is 0.289 e. The molecule has 0 aliphatic carbocycles. The number of hydrogen-bond acceptors (Lipinski definition) is 5. The van der Waals surface area contributed by atoms with Gasteiger partial charge in [-0.05, 0) is 25.7 Å². The van der Waals surface area contributed by atoms with Crippen LogP contribution in [0.5, 0.6) is 0 Å². The molecular formula is C21H38N4O4. The summed E-state index contributed by atoms with van der Waals surface area (Å²) < 4.78 is 0. The summed E-state index contributed by atoms with van der Waals surface area (Å²) >= 11 is 0. The number of nitrogens with one attached hydrogen (secondary N) is 2.